The smallest absolute Gasteiger partial charge is 0.143 e. The molecule has 1 aliphatic heterocycles. The standard InChI is InChI=1S/C12H16ClFN2/c1-7(2)3-8-6-15-11-5-10(14)9(13)4-12(11)16-8/h4-5,7-8,15-16H,3,6H2,1-2H3. The molecule has 2 N–H and O–H groups in total. The van der Waals surface area contributed by atoms with Gasteiger partial charge in [0.05, 0.1) is 16.4 Å². The molecule has 16 heavy (non-hydrogen) atoms. The first-order chi connectivity index (χ1) is 7.56. The molecular weight excluding hydrogens is 227 g/mol. The average molecular weight is 243 g/mol. The third-order valence-electron chi connectivity index (χ3n) is 2.71. The Morgan fingerprint density at radius 1 is 1.44 bits per heavy atom. The van der Waals surface area contributed by atoms with Crippen LogP contribution in [0.2, 0.25) is 5.02 Å². The highest BCUT2D eigenvalue weighted by atomic mass is 35.5. The molecule has 0 aromatic heterocycles. The second-order valence-electron chi connectivity index (χ2n) is 4.66. The topological polar surface area (TPSA) is 24.1 Å². The molecule has 0 bridgehead atoms. The molecular formula is C12H16ClFN2. The molecule has 88 valence electrons. The van der Waals surface area contributed by atoms with Crippen LogP contribution in [-0.4, -0.2) is 12.6 Å². The van der Waals surface area contributed by atoms with Crippen LogP contribution in [0.5, 0.6) is 0 Å². The molecule has 1 unspecified atom stereocenters. The van der Waals surface area contributed by atoms with E-state index in [1.54, 1.807) is 6.07 Å². The summed E-state index contributed by atoms with van der Waals surface area (Å²) >= 11 is 5.76. The summed E-state index contributed by atoms with van der Waals surface area (Å²) in [5.74, 6) is 0.258. The number of nitrogens with one attached hydrogen (secondary N) is 2. The molecule has 0 saturated carbocycles. The summed E-state index contributed by atoms with van der Waals surface area (Å²) in [6, 6.07) is 3.47. The summed E-state index contributed by atoms with van der Waals surface area (Å²) in [6.07, 6.45) is 1.08. The van der Waals surface area contributed by atoms with E-state index in [0.717, 1.165) is 24.3 Å². The van der Waals surface area contributed by atoms with E-state index in [-0.39, 0.29) is 10.8 Å². The van der Waals surface area contributed by atoms with Crippen molar-refractivity contribution in [3.63, 3.8) is 0 Å². The van der Waals surface area contributed by atoms with Gasteiger partial charge in [-0.3, -0.25) is 0 Å². The summed E-state index contributed by atoms with van der Waals surface area (Å²) in [6.45, 7) is 5.20. The number of halogens is 2. The Bertz CT molecular complexity index is 393. The molecule has 0 radical (unpaired) electrons. The summed E-state index contributed by atoms with van der Waals surface area (Å²) in [4.78, 5) is 0. The van der Waals surface area contributed by atoms with E-state index in [9.17, 15) is 4.39 Å². The summed E-state index contributed by atoms with van der Waals surface area (Å²) in [5.41, 5.74) is 1.69. The fourth-order valence-corrected chi connectivity index (χ4v) is 2.19. The minimum atomic E-state index is -0.378. The van der Waals surface area contributed by atoms with Crippen molar-refractivity contribution in [1.29, 1.82) is 0 Å². The van der Waals surface area contributed by atoms with E-state index in [4.69, 9.17) is 11.6 Å². The number of anilines is 2. The van der Waals surface area contributed by atoms with Crippen molar-refractivity contribution < 1.29 is 4.39 Å². The van der Waals surface area contributed by atoms with Crippen LogP contribution in [0.3, 0.4) is 0 Å². The van der Waals surface area contributed by atoms with Gasteiger partial charge in [0.25, 0.3) is 0 Å². The van der Waals surface area contributed by atoms with E-state index >= 15 is 0 Å². The van der Waals surface area contributed by atoms with E-state index in [1.165, 1.54) is 6.07 Å². The van der Waals surface area contributed by atoms with Crippen LogP contribution >= 0.6 is 11.6 Å². The van der Waals surface area contributed by atoms with Crippen LogP contribution in [-0.2, 0) is 0 Å². The second kappa shape index (κ2) is 4.50. The fourth-order valence-electron chi connectivity index (χ4n) is 2.03. The molecule has 1 heterocycles. The number of hydrogen-bond donors (Lipinski definition) is 2. The molecule has 0 spiro atoms. The van der Waals surface area contributed by atoms with Crippen molar-refractivity contribution in [2.75, 3.05) is 17.2 Å². The summed E-state index contributed by atoms with van der Waals surface area (Å²) in [7, 11) is 0. The second-order valence-corrected chi connectivity index (χ2v) is 5.07. The highest BCUT2D eigenvalue weighted by Gasteiger charge is 2.19. The Morgan fingerprint density at radius 3 is 2.88 bits per heavy atom. The molecule has 0 fully saturated rings. The Labute approximate surface area is 100 Å². The molecule has 0 aliphatic carbocycles. The lowest BCUT2D eigenvalue weighted by molar-refractivity contribution is 0.525. The van der Waals surface area contributed by atoms with Crippen LogP contribution < -0.4 is 10.6 Å². The Morgan fingerprint density at radius 2 is 2.19 bits per heavy atom. The van der Waals surface area contributed by atoms with Gasteiger partial charge in [-0.05, 0) is 18.4 Å². The van der Waals surface area contributed by atoms with Crippen LogP contribution in [0.1, 0.15) is 20.3 Å². The molecule has 0 saturated heterocycles. The number of rotatable bonds is 2. The first-order valence-electron chi connectivity index (χ1n) is 5.55. The molecule has 1 atom stereocenters. The van der Waals surface area contributed by atoms with Crippen LogP contribution in [0.15, 0.2) is 12.1 Å². The van der Waals surface area contributed by atoms with Gasteiger partial charge in [-0.25, -0.2) is 4.39 Å². The van der Waals surface area contributed by atoms with E-state index < -0.39 is 0 Å². The maximum atomic E-state index is 13.2. The predicted octanol–water partition coefficient (Wildman–Crippen LogP) is 3.73. The normalized spacial score (nSPS) is 18.9. The molecule has 2 nitrogen and oxygen atoms in total. The van der Waals surface area contributed by atoms with Crippen LogP contribution in [0, 0.1) is 11.7 Å². The van der Waals surface area contributed by atoms with Gasteiger partial charge in [0.2, 0.25) is 0 Å². The van der Waals surface area contributed by atoms with Gasteiger partial charge in [0, 0.05) is 18.7 Å². The lowest BCUT2D eigenvalue weighted by atomic mass is 10.0. The van der Waals surface area contributed by atoms with Gasteiger partial charge in [0.1, 0.15) is 5.82 Å². The van der Waals surface area contributed by atoms with E-state index in [2.05, 4.69) is 24.5 Å². The maximum absolute atomic E-state index is 13.2. The van der Waals surface area contributed by atoms with Gasteiger partial charge in [-0.1, -0.05) is 25.4 Å². The van der Waals surface area contributed by atoms with Crippen molar-refractivity contribution in [2.45, 2.75) is 26.3 Å². The fraction of sp³-hybridized carbons (Fsp3) is 0.500. The van der Waals surface area contributed by atoms with Crippen molar-refractivity contribution >= 4 is 23.0 Å². The van der Waals surface area contributed by atoms with E-state index in [1.807, 2.05) is 0 Å². The summed E-state index contributed by atoms with van der Waals surface area (Å²) in [5, 5.41) is 6.77. The summed E-state index contributed by atoms with van der Waals surface area (Å²) < 4.78 is 13.2. The largest absolute Gasteiger partial charge is 0.381 e. The minimum Gasteiger partial charge on any atom is -0.381 e. The third kappa shape index (κ3) is 2.40. The number of benzene rings is 1. The molecule has 1 aliphatic rings. The molecule has 1 aromatic carbocycles. The molecule has 2 rings (SSSR count). The zero-order valence-electron chi connectivity index (χ0n) is 9.48. The van der Waals surface area contributed by atoms with Gasteiger partial charge in [0.15, 0.2) is 0 Å². The first-order valence-corrected chi connectivity index (χ1v) is 5.93. The Hall–Kier alpha value is -0.960. The Kier molecular flexibility index (Phi) is 3.24. The number of fused-ring (bicyclic) bond motifs is 1. The maximum Gasteiger partial charge on any atom is 0.143 e. The first kappa shape index (κ1) is 11.5. The minimum absolute atomic E-state index is 0.165. The van der Waals surface area contributed by atoms with Crippen molar-refractivity contribution in [1.82, 2.24) is 0 Å². The quantitative estimate of drug-likeness (QED) is 0.826. The van der Waals surface area contributed by atoms with Gasteiger partial charge >= 0.3 is 0 Å². The van der Waals surface area contributed by atoms with Gasteiger partial charge in [-0.2, -0.15) is 0 Å². The van der Waals surface area contributed by atoms with Crippen molar-refractivity contribution in [2.24, 2.45) is 5.92 Å². The Balaban J connectivity index is 2.17. The predicted molar refractivity (Wildman–Crippen MR) is 66.8 cm³/mol. The highest BCUT2D eigenvalue weighted by Crippen LogP contribution is 2.32. The highest BCUT2D eigenvalue weighted by molar-refractivity contribution is 6.31. The van der Waals surface area contributed by atoms with Crippen LogP contribution in [0.4, 0.5) is 15.8 Å². The van der Waals surface area contributed by atoms with Crippen molar-refractivity contribution in [3.05, 3.63) is 23.0 Å². The monoisotopic (exact) mass is 242 g/mol. The zero-order chi connectivity index (χ0) is 11.7. The van der Waals surface area contributed by atoms with E-state index in [0.29, 0.717) is 12.0 Å². The number of hydrogen-bond acceptors (Lipinski definition) is 2. The molecule has 4 heteroatoms. The third-order valence-corrected chi connectivity index (χ3v) is 3.00. The van der Waals surface area contributed by atoms with Crippen molar-refractivity contribution in [3.8, 4) is 0 Å². The SMILES string of the molecule is CC(C)CC1CNc2cc(F)c(Cl)cc2N1. The lowest BCUT2D eigenvalue weighted by Gasteiger charge is -2.29. The van der Waals surface area contributed by atoms with Gasteiger partial charge < -0.3 is 10.6 Å². The molecule has 0 amide bonds. The molecule has 1 aromatic rings. The van der Waals surface area contributed by atoms with Crippen LogP contribution in [0.25, 0.3) is 0 Å². The lowest BCUT2D eigenvalue weighted by Crippen LogP contribution is -2.34. The van der Waals surface area contributed by atoms with Gasteiger partial charge in [-0.15, -0.1) is 0 Å². The zero-order valence-corrected chi connectivity index (χ0v) is 10.2. The average Bonchev–Trinajstić information content (AvgIpc) is 2.19.